The summed E-state index contributed by atoms with van der Waals surface area (Å²) in [7, 11) is -3.55. The Balaban J connectivity index is 1.39. The number of piperidine rings is 1. The summed E-state index contributed by atoms with van der Waals surface area (Å²) in [4.78, 5) is 17.9. The fourth-order valence-electron chi connectivity index (χ4n) is 4.14. The largest absolute Gasteiger partial charge is 0.306 e. The van der Waals surface area contributed by atoms with Crippen LogP contribution in [0.25, 0.3) is 15.3 Å². The SMILES string of the molecule is Cc1cc(NC(=O)c2ccc(S(=O)(=O)N3CCCCC3)cc2)n(-c2nc3c(C)ccc(Cl)c3s2)n1. The standard InChI is InChI=1S/C24H24ClN5O3S2/c1-15-6-11-19(25)22-21(15)27-24(34-22)30-20(14-16(2)28-30)26-23(31)17-7-9-18(10-8-17)35(32,33)29-12-4-3-5-13-29/h6-11,14H,3-5,12-13H2,1-2H3,(H,26,31). The van der Waals surface area contributed by atoms with Gasteiger partial charge < -0.3 is 5.32 Å². The molecule has 4 aromatic rings. The highest BCUT2D eigenvalue weighted by atomic mass is 35.5. The maximum absolute atomic E-state index is 13.0. The number of aromatic nitrogens is 3. The molecule has 0 radical (unpaired) electrons. The van der Waals surface area contributed by atoms with Crippen LogP contribution in [0.1, 0.15) is 40.9 Å². The van der Waals surface area contributed by atoms with E-state index in [4.69, 9.17) is 16.6 Å². The van der Waals surface area contributed by atoms with Crippen molar-refractivity contribution in [3.63, 3.8) is 0 Å². The van der Waals surface area contributed by atoms with Crippen molar-refractivity contribution in [3.05, 3.63) is 64.3 Å². The molecule has 1 N–H and O–H groups in total. The number of halogens is 1. The third kappa shape index (κ3) is 4.58. The average molecular weight is 530 g/mol. The Kier molecular flexibility index (Phi) is 6.39. The number of hydrogen-bond donors (Lipinski definition) is 1. The first-order chi connectivity index (χ1) is 16.7. The first-order valence-electron chi connectivity index (χ1n) is 11.3. The van der Waals surface area contributed by atoms with Crippen LogP contribution in [-0.2, 0) is 10.0 Å². The van der Waals surface area contributed by atoms with Crippen LogP contribution in [0, 0.1) is 13.8 Å². The highest BCUT2D eigenvalue weighted by Crippen LogP contribution is 2.34. The molecule has 1 saturated heterocycles. The molecule has 182 valence electrons. The van der Waals surface area contributed by atoms with Crippen molar-refractivity contribution < 1.29 is 13.2 Å². The normalized spacial score (nSPS) is 14.9. The number of aryl methyl sites for hydroxylation is 2. The summed E-state index contributed by atoms with van der Waals surface area (Å²) >= 11 is 7.75. The van der Waals surface area contributed by atoms with Gasteiger partial charge in [0.15, 0.2) is 0 Å². The predicted molar refractivity (Wildman–Crippen MR) is 138 cm³/mol. The van der Waals surface area contributed by atoms with Gasteiger partial charge >= 0.3 is 0 Å². The zero-order valence-corrected chi connectivity index (χ0v) is 21.7. The Morgan fingerprint density at radius 2 is 1.77 bits per heavy atom. The number of rotatable bonds is 5. The number of nitrogens with zero attached hydrogens (tertiary/aromatic N) is 4. The van der Waals surface area contributed by atoms with E-state index in [1.165, 1.54) is 39.9 Å². The van der Waals surface area contributed by atoms with E-state index < -0.39 is 10.0 Å². The van der Waals surface area contributed by atoms with Crippen molar-refractivity contribution in [2.45, 2.75) is 38.0 Å². The Morgan fingerprint density at radius 1 is 1.06 bits per heavy atom. The molecule has 2 aromatic heterocycles. The third-order valence-corrected chi connectivity index (χ3v) is 9.41. The molecule has 0 saturated carbocycles. The first kappa shape index (κ1) is 23.9. The third-order valence-electron chi connectivity index (χ3n) is 6.01. The van der Waals surface area contributed by atoms with Crippen LogP contribution < -0.4 is 5.32 Å². The Morgan fingerprint density at radius 3 is 2.46 bits per heavy atom. The number of carbonyl (C=O) groups is 1. The Bertz CT molecular complexity index is 1480. The topological polar surface area (TPSA) is 97.2 Å². The highest BCUT2D eigenvalue weighted by Gasteiger charge is 2.26. The van der Waals surface area contributed by atoms with Gasteiger partial charge in [0.25, 0.3) is 5.91 Å². The van der Waals surface area contributed by atoms with Crippen LogP contribution in [-0.4, -0.2) is 46.5 Å². The van der Waals surface area contributed by atoms with Gasteiger partial charge in [0.1, 0.15) is 5.82 Å². The van der Waals surface area contributed by atoms with Crippen LogP contribution in [0.3, 0.4) is 0 Å². The smallest absolute Gasteiger partial charge is 0.256 e. The number of carbonyl (C=O) groups excluding carboxylic acids is 1. The van der Waals surface area contributed by atoms with Gasteiger partial charge in [0, 0.05) is 24.7 Å². The summed E-state index contributed by atoms with van der Waals surface area (Å²) < 4.78 is 29.7. The number of amides is 1. The second kappa shape index (κ2) is 9.34. The van der Waals surface area contributed by atoms with E-state index in [2.05, 4.69) is 10.4 Å². The minimum atomic E-state index is -3.55. The van der Waals surface area contributed by atoms with E-state index in [-0.39, 0.29) is 10.8 Å². The van der Waals surface area contributed by atoms with E-state index in [0.717, 1.165) is 35.0 Å². The molecule has 2 aromatic carbocycles. The molecule has 11 heteroatoms. The van der Waals surface area contributed by atoms with Gasteiger partial charge in [-0.2, -0.15) is 14.1 Å². The van der Waals surface area contributed by atoms with Gasteiger partial charge in [-0.3, -0.25) is 4.79 Å². The number of thiazole rings is 1. The fourth-order valence-corrected chi connectivity index (χ4v) is 6.94. The predicted octanol–water partition coefficient (Wildman–Crippen LogP) is 5.18. The summed E-state index contributed by atoms with van der Waals surface area (Å²) in [5.74, 6) is 0.0914. The molecule has 5 rings (SSSR count). The summed E-state index contributed by atoms with van der Waals surface area (Å²) in [6.07, 6.45) is 2.78. The van der Waals surface area contributed by atoms with Gasteiger partial charge in [-0.05, 0) is 62.6 Å². The van der Waals surface area contributed by atoms with Crippen molar-refractivity contribution in [1.82, 2.24) is 19.1 Å². The fraction of sp³-hybridized carbons (Fsp3) is 0.292. The zero-order valence-electron chi connectivity index (χ0n) is 19.3. The lowest BCUT2D eigenvalue weighted by atomic mass is 10.2. The molecule has 1 fully saturated rings. The Labute approximate surface area is 212 Å². The maximum atomic E-state index is 13.0. The second-order valence-corrected chi connectivity index (χ2v) is 11.9. The summed E-state index contributed by atoms with van der Waals surface area (Å²) in [6.45, 7) is 4.86. The number of benzene rings is 2. The molecule has 1 aliphatic rings. The quantitative estimate of drug-likeness (QED) is 0.384. The number of hydrogen-bond acceptors (Lipinski definition) is 6. The van der Waals surface area contributed by atoms with Crippen LogP contribution in [0.2, 0.25) is 5.02 Å². The summed E-state index contributed by atoms with van der Waals surface area (Å²) in [6, 6.07) is 11.5. The minimum absolute atomic E-state index is 0.193. The monoisotopic (exact) mass is 529 g/mol. The molecule has 35 heavy (non-hydrogen) atoms. The van der Waals surface area contributed by atoms with Crippen LogP contribution in [0.4, 0.5) is 5.82 Å². The first-order valence-corrected chi connectivity index (χ1v) is 13.9. The lowest BCUT2D eigenvalue weighted by Crippen LogP contribution is -2.35. The molecular weight excluding hydrogens is 506 g/mol. The van der Waals surface area contributed by atoms with E-state index >= 15 is 0 Å². The van der Waals surface area contributed by atoms with Crippen molar-refractivity contribution in [3.8, 4) is 5.13 Å². The highest BCUT2D eigenvalue weighted by molar-refractivity contribution is 7.89. The van der Waals surface area contributed by atoms with Crippen molar-refractivity contribution in [1.29, 1.82) is 0 Å². The van der Waals surface area contributed by atoms with Crippen LogP contribution in [0.15, 0.2) is 47.4 Å². The Hall–Kier alpha value is -2.79. The molecule has 0 spiro atoms. The van der Waals surface area contributed by atoms with Gasteiger partial charge in [0.05, 0.1) is 25.8 Å². The molecule has 0 atom stereocenters. The van der Waals surface area contributed by atoms with E-state index in [9.17, 15) is 13.2 Å². The van der Waals surface area contributed by atoms with E-state index in [1.54, 1.807) is 10.7 Å². The molecular formula is C24H24ClN5O3S2. The zero-order chi connectivity index (χ0) is 24.7. The molecule has 0 bridgehead atoms. The van der Waals surface area contributed by atoms with Gasteiger partial charge in [-0.25, -0.2) is 13.4 Å². The van der Waals surface area contributed by atoms with E-state index in [1.807, 2.05) is 26.0 Å². The van der Waals surface area contributed by atoms with Gasteiger partial charge in [-0.1, -0.05) is 35.4 Å². The minimum Gasteiger partial charge on any atom is -0.306 e. The number of anilines is 1. The second-order valence-electron chi connectivity index (χ2n) is 8.56. The molecule has 0 unspecified atom stereocenters. The van der Waals surface area contributed by atoms with Gasteiger partial charge in [-0.15, -0.1) is 0 Å². The lowest BCUT2D eigenvalue weighted by molar-refractivity contribution is 0.102. The maximum Gasteiger partial charge on any atom is 0.256 e. The molecule has 0 aliphatic carbocycles. The number of sulfonamides is 1. The van der Waals surface area contributed by atoms with Crippen molar-refractivity contribution >= 4 is 54.9 Å². The van der Waals surface area contributed by atoms with Crippen LogP contribution >= 0.6 is 22.9 Å². The molecule has 1 aliphatic heterocycles. The van der Waals surface area contributed by atoms with Crippen LogP contribution in [0.5, 0.6) is 0 Å². The van der Waals surface area contributed by atoms with Crippen molar-refractivity contribution in [2.24, 2.45) is 0 Å². The number of nitrogens with one attached hydrogen (secondary N) is 1. The molecule has 1 amide bonds. The van der Waals surface area contributed by atoms with E-state index in [0.29, 0.717) is 40.3 Å². The molecule has 3 heterocycles. The summed E-state index contributed by atoms with van der Waals surface area (Å²) in [5.41, 5.74) is 2.86. The number of fused-ring (bicyclic) bond motifs is 1. The average Bonchev–Trinajstić information content (AvgIpc) is 3.46. The molecule has 8 nitrogen and oxygen atoms in total. The summed E-state index contributed by atoms with van der Waals surface area (Å²) in [5, 5.41) is 8.58. The van der Waals surface area contributed by atoms with Gasteiger partial charge in [0.2, 0.25) is 15.2 Å². The lowest BCUT2D eigenvalue weighted by Gasteiger charge is -2.25. The van der Waals surface area contributed by atoms with Crippen molar-refractivity contribution in [2.75, 3.05) is 18.4 Å².